The molecule has 1 amide bonds. The van der Waals surface area contributed by atoms with E-state index in [1.54, 1.807) is 30.5 Å². The van der Waals surface area contributed by atoms with Crippen LogP contribution in [0.15, 0.2) is 41.1 Å². The normalized spacial score (nSPS) is 10.2. The number of benzene rings is 1. The van der Waals surface area contributed by atoms with E-state index >= 15 is 0 Å². The standard InChI is InChI=1S/C14H13BrClN3O/c1-2-18-11-6-7-17-8-9(11)14(20)19-12-5-3-4-10(16)13(12)15/h3-8H,2H2,1H3,(H,17,18)(H,19,20). The molecular weight excluding hydrogens is 342 g/mol. The molecule has 0 radical (unpaired) electrons. The van der Waals surface area contributed by atoms with Crippen LogP contribution < -0.4 is 10.6 Å². The van der Waals surface area contributed by atoms with Gasteiger partial charge in [-0.3, -0.25) is 9.78 Å². The van der Waals surface area contributed by atoms with Crippen LogP contribution in [0.1, 0.15) is 17.3 Å². The molecule has 2 N–H and O–H groups in total. The molecule has 0 aliphatic carbocycles. The minimum absolute atomic E-state index is 0.239. The minimum Gasteiger partial charge on any atom is -0.385 e. The number of carbonyl (C=O) groups excluding carboxylic acids is 1. The van der Waals surface area contributed by atoms with Crippen molar-refractivity contribution in [3.63, 3.8) is 0 Å². The van der Waals surface area contributed by atoms with Crippen LogP contribution in [0.4, 0.5) is 11.4 Å². The van der Waals surface area contributed by atoms with Gasteiger partial charge in [-0.05, 0) is 41.1 Å². The predicted octanol–water partition coefficient (Wildman–Crippen LogP) is 4.18. The van der Waals surface area contributed by atoms with Crippen LogP contribution in [0.5, 0.6) is 0 Å². The Bertz CT molecular complexity index is 634. The zero-order valence-corrected chi connectivity index (χ0v) is 13.1. The van der Waals surface area contributed by atoms with Gasteiger partial charge in [0.05, 0.1) is 26.4 Å². The summed E-state index contributed by atoms with van der Waals surface area (Å²) in [7, 11) is 0. The Morgan fingerprint density at radius 1 is 1.35 bits per heavy atom. The molecule has 2 rings (SSSR count). The summed E-state index contributed by atoms with van der Waals surface area (Å²) in [5.41, 5.74) is 1.85. The summed E-state index contributed by atoms with van der Waals surface area (Å²) in [6, 6.07) is 7.06. The van der Waals surface area contributed by atoms with Crippen molar-refractivity contribution in [1.29, 1.82) is 0 Å². The summed E-state index contributed by atoms with van der Waals surface area (Å²) < 4.78 is 0.656. The Morgan fingerprint density at radius 3 is 2.90 bits per heavy atom. The van der Waals surface area contributed by atoms with Crippen LogP contribution in [0, 0.1) is 0 Å². The quantitative estimate of drug-likeness (QED) is 0.866. The van der Waals surface area contributed by atoms with Crippen molar-refractivity contribution in [3.8, 4) is 0 Å². The molecule has 2 aromatic rings. The van der Waals surface area contributed by atoms with Crippen molar-refractivity contribution in [3.05, 3.63) is 51.7 Å². The van der Waals surface area contributed by atoms with E-state index in [2.05, 4.69) is 31.5 Å². The summed E-state index contributed by atoms with van der Waals surface area (Å²) in [6.45, 7) is 2.70. The largest absolute Gasteiger partial charge is 0.385 e. The van der Waals surface area contributed by atoms with E-state index < -0.39 is 0 Å². The first kappa shape index (κ1) is 14.8. The maximum Gasteiger partial charge on any atom is 0.259 e. The highest BCUT2D eigenvalue weighted by Crippen LogP contribution is 2.30. The molecular formula is C14H13BrClN3O. The highest BCUT2D eigenvalue weighted by Gasteiger charge is 2.13. The maximum atomic E-state index is 12.3. The van der Waals surface area contributed by atoms with Crippen LogP contribution in [0.3, 0.4) is 0 Å². The molecule has 0 bridgehead atoms. The Kier molecular flexibility index (Phi) is 4.98. The number of rotatable bonds is 4. The molecule has 0 aliphatic rings. The van der Waals surface area contributed by atoms with Gasteiger partial charge in [-0.1, -0.05) is 17.7 Å². The van der Waals surface area contributed by atoms with Crippen molar-refractivity contribution in [2.45, 2.75) is 6.92 Å². The number of nitrogens with zero attached hydrogens (tertiary/aromatic N) is 1. The topological polar surface area (TPSA) is 54.0 Å². The molecule has 0 fully saturated rings. The van der Waals surface area contributed by atoms with E-state index in [0.717, 1.165) is 12.2 Å². The Morgan fingerprint density at radius 2 is 2.15 bits per heavy atom. The molecule has 1 aromatic heterocycles. The molecule has 0 unspecified atom stereocenters. The van der Waals surface area contributed by atoms with E-state index in [9.17, 15) is 4.79 Å². The number of carbonyl (C=O) groups is 1. The molecule has 0 spiro atoms. The molecule has 104 valence electrons. The molecule has 4 nitrogen and oxygen atoms in total. The fraction of sp³-hybridized carbons (Fsp3) is 0.143. The Hall–Kier alpha value is -1.59. The molecule has 1 aromatic carbocycles. The second-order valence-electron chi connectivity index (χ2n) is 4.01. The van der Waals surface area contributed by atoms with Crippen LogP contribution in [0.25, 0.3) is 0 Å². The van der Waals surface area contributed by atoms with E-state index in [4.69, 9.17) is 11.6 Å². The van der Waals surface area contributed by atoms with Gasteiger partial charge in [-0.15, -0.1) is 0 Å². The first-order valence-electron chi connectivity index (χ1n) is 6.06. The van der Waals surface area contributed by atoms with Crippen molar-refractivity contribution in [2.75, 3.05) is 17.2 Å². The zero-order chi connectivity index (χ0) is 14.5. The van der Waals surface area contributed by atoms with Gasteiger partial charge in [-0.2, -0.15) is 0 Å². The molecule has 1 heterocycles. The number of hydrogen-bond acceptors (Lipinski definition) is 3. The highest BCUT2D eigenvalue weighted by atomic mass is 79.9. The number of nitrogens with one attached hydrogen (secondary N) is 2. The molecule has 0 saturated heterocycles. The van der Waals surface area contributed by atoms with Crippen molar-refractivity contribution < 1.29 is 4.79 Å². The molecule has 0 atom stereocenters. The number of amides is 1. The van der Waals surface area contributed by atoms with E-state index in [-0.39, 0.29) is 5.91 Å². The smallest absolute Gasteiger partial charge is 0.259 e. The number of halogens is 2. The monoisotopic (exact) mass is 353 g/mol. The lowest BCUT2D eigenvalue weighted by molar-refractivity contribution is 0.102. The lowest BCUT2D eigenvalue weighted by atomic mass is 10.2. The van der Waals surface area contributed by atoms with Crippen LogP contribution >= 0.6 is 27.5 Å². The van der Waals surface area contributed by atoms with Gasteiger partial charge in [-0.25, -0.2) is 0 Å². The maximum absolute atomic E-state index is 12.3. The highest BCUT2D eigenvalue weighted by molar-refractivity contribution is 9.10. The lowest BCUT2D eigenvalue weighted by Gasteiger charge is -2.11. The lowest BCUT2D eigenvalue weighted by Crippen LogP contribution is -2.15. The van der Waals surface area contributed by atoms with Crippen molar-refractivity contribution in [2.24, 2.45) is 0 Å². The number of anilines is 2. The summed E-state index contributed by atoms with van der Waals surface area (Å²) in [4.78, 5) is 16.3. The zero-order valence-electron chi connectivity index (χ0n) is 10.8. The third-order valence-corrected chi connectivity index (χ3v) is 4.03. The predicted molar refractivity (Wildman–Crippen MR) is 85.5 cm³/mol. The van der Waals surface area contributed by atoms with E-state index in [1.165, 1.54) is 6.20 Å². The first-order valence-corrected chi connectivity index (χ1v) is 7.23. The summed E-state index contributed by atoms with van der Waals surface area (Å²) in [5.74, 6) is -0.239. The molecule has 0 saturated carbocycles. The third-order valence-electron chi connectivity index (χ3n) is 2.63. The molecule has 0 aliphatic heterocycles. The summed E-state index contributed by atoms with van der Waals surface area (Å²) in [6.07, 6.45) is 3.18. The number of hydrogen-bond donors (Lipinski definition) is 2. The fourth-order valence-corrected chi connectivity index (χ4v) is 2.25. The van der Waals surface area contributed by atoms with Gasteiger partial charge in [0.2, 0.25) is 0 Å². The van der Waals surface area contributed by atoms with Gasteiger partial charge < -0.3 is 10.6 Å². The van der Waals surface area contributed by atoms with Gasteiger partial charge in [0.1, 0.15) is 0 Å². The number of pyridine rings is 1. The van der Waals surface area contributed by atoms with Gasteiger partial charge >= 0.3 is 0 Å². The average Bonchev–Trinajstić information content (AvgIpc) is 2.45. The van der Waals surface area contributed by atoms with E-state index in [1.807, 2.05) is 6.92 Å². The molecule has 6 heteroatoms. The minimum atomic E-state index is -0.239. The number of aromatic nitrogens is 1. The SMILES string of the molecule is CCNc1ccncc1C(=O)Nc1cccc(Cl)c1Br. The van der Waals surface area contributed by atoms with E-state index in [0.29, 0.717) is 20.7 Å². The van der Waals surface area contributed by atoms with Crippen LogP contribution in [-0.4, -0.2) is 17.4 Å². The van der Waals surface area contributed by atoms with Crippen LogP contribution in [0.2, 0.25) is 5.02 Å². The van der Waals surface area contributed by atoms with Crippen molar-refractivity contribution in [1.82, 2.24) is 4.98 Å². The Balaban J connectivity index is 2.26. The second kappa shape index (κ2) is 6.72. The van der Waals surface area contributed by atoms with Gasteiger partial charge in [0.25, 0.3) is 5.91 Å². The summed E-state index contributed by atoms with van der Waals surface area (Å²) in [5, 5.41) is 6.49. The summed E-state index contributed by atoms with van der Waals surface area (Å²) >= 11 is 9.35. The first-order chi connectivity index (χ1) is 9.63. The second-order valence-corrected chi connectivity index (χ2v) is 5.21. The fourth-order valence-electron chi connectivity index (χ4n) is 1.71. The Labute approximate surface area is 130 Å². The molecule has 20 heavy (non-hydrogen) atoms. The van der Waals surface area contributed by atoms with Gasteiger partial charge in [0.15, 0.2) is 0 Å². The average molecular weight is 355 g/mol. The van der Waals surface area contributed by atoms with Crippen molar-refractivity contribution >= 4 is 44.8 Å². The van der Waals surface area contributed by atoms with Crippen LogP contribution in [-0.2, 0) is 0 Å². The van der Waals surface area contributed by atoms with Gasteiger partial charge in [0, 0.05) is 18.9 Å². The third kappa shape index (κ3) is 3.29.